The quantitative estimate of drug-likeness (QED) is 0.853. The van der Waals surface area contributed by atoms with Crippen LogP contribution in [0.5, 0.6) is 0 Å². The van der Waals surface area contributed by atoms with E-state index in [4.69, 9.17) is 0 Å². The van der Waals surface area contributed by atoms with Crippen LogP contribution in [0.4, 0.5) is 0 Å². The second-order valence-corrected chi connectivity index (χ2v) is 4.39. The summed E-state index contributed by atoms with van der Waals surface area (Å²) in [6, 6.07) is 0. The monoisotopic (exact) mass is 224 g/mol. The van der Waals surface area contributed by atoms with Crippen LogP contribution in [0, 0.1) is 6.92 Å². The fraction of sp³-hybridized carbons (Fsp3) is 0.444. The van der Waals surface area contributed by atoms with Gasteiger partial charge in [0.25, 0.3) is 5.91 Å². The van der Waals surface area contributed by atoms with Crippen LogP contribution in [-0.2, 0) is 0 Å². The fourth-order valence-electron chi connectivity index (χ4n) is 1.24. The van der Waals surface area contributed by atoms with Gasteiger partial charge in [0.1, 0.15) is 10.7 Å². The van der Waals surface area contributed by atoms with Crippen LogP contribution in [0.15, 0.2) is 6.20 Å². The summed E-state index contributed by atoms with van der Waals surface area (Å²) >= 11 is 1.47. The molecule has 0 atom stereocenters. The second-order valence-electron chi connectivity index (χ2n) is 3.23. The molecule has 5 nitrogen and oxygen atoms in total. The van der Waals surface area contributed by atoms with Crippen molar-refractivity contribution in [1.82, 2.24) is 19.9 Å². The van der Waals surface area contributed by atoms with Gasteiger partial charge in [-0.15, -0.1) is 0 Å². The van der Waals surface area contributed by atoms with E-state index in [1.165, 1.54) is 11.3 Å². The summed E-state index contributed by atoms with van der Waals surface area (Å²) < 4.78 is 1.64. The number of carbonyl (C=O) groups is 1. The molecule has 2 heterocycles. The van der Waals surface area contributed by atoms with Gasteiger partial charge in [-0.2, -0.15) is 5.10 Å². The molecule has 0 aromatic carbocycles. The van der Waals surface area contributed by atoms with E-state index in [0.717, 1.165) is 16.4 Å². The molecule has 1 N–H and O–H groups in total. The van der Waals surface area contributed by atoms with Gasteiger partial charge in [-0.25, -0.2) is 9.50 Å². The average Bonchev–Trinajstić information content (AvgIpc) is 2.70. The topological polar surface area (TPSA) is 59.3 Å². The van der Waals surface area contributed by atoms with Gasteiger partial charge in [0, 0.05) is 6.54 Å². The highest BCUT2D eigenvalue weighted by Crippen LogP contribution is 2.13. The number of rotatable bonds is 3. The first kappa shape index (κ1) is 10.1. The van der Waals surface area contributed by atoms with Crippen molar-refractivity contribution in [2.45, 2.75) is 20.3 Å². The van der Waals surface area contributed by atoms with Crippen LogP contribution in [0.3, 0.4) is 0 Å². The molecule has 0 aliphatic carbocycles. The summed E-state index contributed by atoms with van der Waals surface area (Å²) in [6.07, 6.45) is 2.58. The predicted molar refractivity (Wildman–Crippen MR) is 58.2 cm³/mol. The zero-order valence-electron chi connectivity index (χ0n) is 8.65. The van der Waals surface area contributed by atoms with Gasteiger partial charge in [-0.1, -0.05) is 18.3 Å². The third-order valence-corrected chi connectivity index (χ3v) is 2.75. The first-order chi connectivity index (χ1) is 7.20. The maximum Gasteiger partial charge on any atom is 0.271 e. The van der Waals surface area contributed by atoms with Crippen molar-refractivity contribution >= 4 is 22.2 Å². The van der Waals surface area contributed by atoms with E-state index in [1.54, 1.807) is 10.7 Å². The molecule has 0 bridgehead atoms. The molecule has 0 radical (unpaired) electrons. The normalized spacial score (nSPS) is 10.8. The Morgan fingerprint density at radius 1 is 1.67 bits per heavy atom. The minimum absolute atomic E-state index is 0.132. The molecule has 0 saturated heterocycles. The molecular formula is C9H12N4OS. The van der Waals surface area contributed by atoms with Crippen LogP contribution in [0.1, 0.15) is 28.8 Å². The highest BCUT2D eigenvalue weighted by molar-refractivity contribution is 7.16. The number of aromatic nitrogens is 3. The largest absolute Gasteiger partial charge is 0.351 e. The Morgan fingerprint density at radius 3 is 3.13 bits per heavy atom. The van der Waals surface area contributed by atoms with Gasteiger partial charge in [0.2, 0.25) is 4.96 Å². The lowest BCUT2D eigenvalue weighted by molar-refractivity contribution is 0.0949. The Hall–Kier alpha value is -1.43. The number of carbonyl (C=O) groups excluding carboxylic acids is 1. The van der Waals surface area contributed by atoms with E-state index in [9.17, 15) is 4.79 Å². The van der Waals surface area contributed by atoms with Crippen molar-refractivity contribution in [1.29, 1.82) is 0 Å². The molecule has 6 heteroatoms. The highest BCUT2D eigenvalue weighted by atomic mass is 32.1. The van der Waals surface area contributed by atoms with Crippen LogP contribution in [-0.4, -0.2) is 27.0 Å². The van der Waals surface area contributed by atoms with Crippen molar-refractivity contribution in [3.05, 3.63) is 16.9 Å². The van der Waals surface area contributed by atoms with Crippen molar-refractivity contribution in [2.75, 3.05) is 6.54 Å². The summed E-state index contributed by atoms with van der Waals surface area (Å²) in [4.78, 5) is 16.5. The Morgan fingerprint density at radius 2 is 2.47 bits per heavy atom. The number of fused-ring (bicyclic) bond motifs is 1. The van der Waals surface area contributed by atoms with E-state index in [1.807, 2.05) is 13.8 Å². The van der Waals surface area contributed by atoms with Crippen LogP contribution in [0.2, 0.25) is 0 Å². The standard InChI is InChI=1S/C9H12N4OS/c1-3-4-10-8(14)7-5-13-9(11-7)15-6(2)12-13/h5H,3-4H2,1-2H3,(H,10,14). The van der Waals surface area contributed by atoms with Gasteiger partial charge in [0.15, 0.2) is 0 Å². The lowest BCUT2D eigenvalue weighted by Gasteiger charge is -1.98. The number of hydrogen-bond donors (Lipinski definition) is 1. The number of aryl methyl sites for hydroxylation is 1. The first-order valence-electron chi connectivity index (χ1n) is 4.81. The van der Waals surface area contributed by atoms with E-state index in [-0.39, 0.29) is 5.91 Å². The number of hydrogen-bond acceptors (Lipinski definition) is 4. The fourth-order valence-corrected chi connectivity index (χ4v) is 1.96. The third-order valence-electron chi connectivity index (χ3n) is 1.91. The molecule has 1 amide bonds. The maximum absolute atomic E-state index is 11.5. The summed E-state index contributed by atoms with van der Waals surface area (Å²) in [5.74, 6) is -0.132. The molecule has 0 aliphatic heterocycles. The lowest BCUT2D eigenvalue weighted by Crippen LogP contribution is -2.24. The van der Waals surface area contributed by atoms with Crippen LogP contribution < -0.4 is 5.32 Å². The van der Waals surface area contributed by atoms with E-state index in [2.05, 4.69) is 15.4 Å². The molecule has 0 unspecified atom stereocenters. The number of nitrogens with one attached hydrogen (secondary N) is 1. The van der Waals surface area contributed by atoms with E-state index >= 15 is 0 Å². The van der Waals surface area contributed by atoms with Gasteiger partial charge < -0.3 is 5.32 Å². The molecule has 80 valence electrons. The van der Waals surface area contributed by atoms with Gasteiger partial charge in [-0.05, 0) is 13.3 Å². The Kier molecular flexibility index (Phi) is 2.68. The Bertz CT molecular complexity index is 456. The summed E-state index contributed by atoms with van der Waals surface area (Å²) in [5, 5.41) is 7.91. The van der Waals surface area contributed by atoms with Gasteiger partial charge >= 0.3 is 0 Å². The minimum Gasteiger partial charge on any atom is -0.351 e. The van der Waals surface area contributed by atoms with Crippen molar-refractivity contribution in [3.8, 4) is 0 Å². The average molecular weight is 224 g/mol. The zero-order chi connectivity index (χ0) is 10.8. The summed E-state index contributed by atoms with van der Waals surface area (Å²) in [5.41, 5.74) is 0.433. The van der Waals surface area contributed by atoms with Crippen LogP contribution >= 0.6 is 11.3 Å². The molecule has 0 aliphatic rings. The van der Waals surface area contributed by atoms with Gasteiger partial charge in [0.05, 0.1) is 6.20 Å². The van der Waals surface area contributed by atoms with Crippen molar-refractivity contribution in [3.63, 3.8) is 0 Å². The molecule has 15 heavy (non-hydrogen) atoms. The molecule has 0 fully saturated rings. The molecule has 0 spiro atoms. The van der Waals surface area contributed by atoms with E-state index < -0.39 is 0 Å². The minimum atomic E-state index is -0.132. The highest BCUT2D eigenvalue weighted by Gasteiger charge is 2.11. The number of amides is 1. The lowest BCUT2D eigenvalue weighted by atomic mass is 10.4. The molecule has 0 saturated carbocycles. The molecule has 2 aromatic heterocycles. The maximum atomic E-state index is 11.5. The Balaban J connectivity index is 2.21. The van der Waals surface area contributed by atoms with Crippen LogP contribution in [0.25, 0.3) is 4.96 Å². The molecular weight excluding hydrogens is 212 g/mol. The number of imidazole rings is 1. The molecule has 2 aromatic rings. The Labute approximate surface area is 91.1 Å². The van der Waals surface area contributed by atoms with Crippen molar-refractivity contribution < 1.29 is 4.79 Å². The van der Waals surface area contributed by atoms with Crippen molar-refractivity contribution in [2.24, 2.45) is 0 Å². The first-order valence-corrected chi connectivity index (χ1v) is 5.63. The van der Waals surface area contributed by atoms with E-state index in [0.29, 0.717) is 12.2 Å². The second kappa shape index (κ2) is 3.98. The predicted octanol–water partition coefficient (Wildman–Crippen LogP) is 1.24. The summed E-state index contributed by atoms with van der Waals surface area (Å²) in [6.45, 7) is 4.60. The SMILES string of the molecule is CCCNC(=O)c1cn2nc(C)sc2n1. The number of nitrogens with zero attached hydrogens (tertiary/aromatic N) is 3. The zero-order valence-corrected chi connectivity index (χ0v) is 9.47. The van der Waals surface area contributed by atoms with Gasteiger partial charge in [-0.3, -0.25) is 4.79 Å². The smallest absolute Gasteiger partial charge is 0.271 e. The summed E-state index contributed by atoms with van der Waals surface area (Å²) in [7, 11) is 0. The third kappa shape index (κ3) is 1.99. The molecule has 2 rings (SSSR count).